The lowest BCUT2D eigenvalue weighted by molar-refractivity contribution is -0.153. The fourth-order valence-corrected chi connectivity index (χ4v) is 4.52. The van der Waals surface area contributed by atoms with Crippen molar-refractivity contribution in [2.24, 2.45) is 0 Å². The number of aliphatic hydroxyl groups is 2. The molecule has 0 aromatic rings. The Hall–Kier alpha value is -2.33. The Balaban J connectivity index is 4.13. The third kappa shape index (κ3) is 28.9. The van der Waals surface area contributed by atoms with Crippen LogP contribution in [0.2, 0.25) is 0 Å². The van der Waals surface area contributed by atoms with Gasteiger partial charge in [0.2, 0.25) is 0 Å². The van der Waals surface area contributed by atoms with Gasteiger partial charge in [0.25, 0.3) is 0 Å². The summed E-state index contributed by atoms with van der Waals surface area (Å²) in [5.74, 6) is -1.10. The Morgan fingerprint density at radius 1 is 0.622 bits per heavy atom. The summed E-state index contributed by atoms with van der Waals surface area (Å²) < 4.78 is 32.0. The summed E-state index contributed by atoms with van der Waals surface area (Å²) in [6.07, 6.45) is 29.8. The number of carbonyl (C=O) groups is 2. The molecule has 258 valence electrons. The first-order valence-corrected chi connectivity index (χ1v) is 17.7. The molecule has 3 atom stereocenters. The van der Waals surface area contributed by atoms with E-state index in [1.165, 1.54) is 0 Å². The smallest absolute Gasteiger partial charge is 0.457 e. The lowest BCUT2D eigenvalue weighted by Crippen LogP contribution is -2.28. The van der Waals surface area contributed by atoms with Gasteiger partial charge in [0.1, 0.15) is 12.2 Å². The zero-order chi connectivity index (χ0) is 33.4. The lowest BCUT2D eigenvalue weighted by atomic mass is 10.1. The second-order valence-electron chi connectivity index (χ2n) is 10.4. The summed E-state index contributed by atoms with van der Waals surface area (Å²) in [6.45, 7) is 1.86. The zero-order valence-electron chi connectivity index (χ0n) is 27.3. The number of hydrogen-bond acceptors (Lipinski definition) is 9. The van der Waals surface area contributed by atoms with Crippen LogP contribution in [0.1, 0.15) is 104 Å². The molecule has 0 saturated carbocycles. The summed E-state index contributed by atoms with van der Waals surface area (Å²) in [5, 5.41) is 18.9. The molecule has 0 fully saturated rings. The predicted octanol–water partition coefficient (Wildman–Crippen LogP) is 7.21. The van der Waals surface area contributed by atoms with Gasteiger partial charge in [-0.15, -0.1) is 0 Å². The van der Waals surface area contributed by atoms with Crippen molar-refractivity contribution >= 4 is 19.8 Å². The number of esters is 2. The number of phosphoric ester groups is 1. The molecule has 3 N–H and O–H groups in total. The second-order valence-corrected chi connectivity index (χ2v) is 11.9. The highest BCUT2D eigenvalue weighted by Gasteiger charge is 2.27. The van der Waals surface area contributed by atoms with Crippen LogP contribution in [0.4, 0.5) is 0 Å². The van der Waals surface area contributed by atoms with Crippen LogP contribution < -0.4 is 0 Å². The Kier molecular flexibility index (Phi) is 28.8. The van der Waals surface area contributed by atoms with Crippen LogP contribution in [0.3, 0.4) is 0 Å². The van der Waals surface area contributed by atoms with Crippen molar-refractivity contribution in [2.45, 2.75) is 116 Å². The number of allylic oxidation sites excluding steroid dienone is 10. The van der Waals surface area contributed by atoms with Crippen LogP contribution in [0.5, 0.6) is 0 Å². The van der Waals surface area contributed by atoms with Gasteiger partial charge in [-0.2, -0.15) is 0 Å². The number of ether oxygens (including phenoxy) is 2. The standard InChI is InChI=1S/C34H57O10P/c1-3-5-7-9-10-11-12-13-14-15-16-17-18-19-20-22-24-26-34(38)44-32(28-36)30-42-45(39,40)41-29-31(27-35)43-33(37)25-23-21-8-6-4-2/h5,7,10-11,13-14,16-17,19-20,31-32,35-36H,3-4,6,8-9,12,15,18,21-30H2,1-2H3,(H,39,40)/b7-5-,11-10-,14-13-,17-16-,20-19-. The van der Waals surface area contributed by atoms with Crippen molar-refractivity contribution in [1.82, 2.24) is 0 Å². The quantitative estimate of drug-likeness (QED) is 0.0326. The highest BCUT2D eigenvalue weighted by atomic mass is 31.2. The van der Waals surface area contributed by atoms with Crippen LogP contribution in [0.15, 0.2) is 60.8 Å². The molecule has 0 heterocycles. The molecule has 0 aliphatic heterocycles. The average molecular weight is 657 g/mol. The van der Waals surface area contributed by atoms with E-state index >= 15 is 0 Å². The molecular weight excluding hydrogens is 599 g/mol. The van der Waals surface area contributed by atoms with E-state index < -0.39 is 58.4 Å². The van der Waals surface area contributed by atoms with Crippen LogP contribution in [-0.2, 0) is 32.7 Å². The van der Waals surface area contributed by atoms with Gasteiger partial charge in [0, 0.05) is 12.8 Å². The minimum Gasteiger partial charge on any atom is -0.457 e. The Morgan fingerprint density at radius 3 is 1.49 bits per heavy atom. The van der Waals surface area contributed by atoms with Crippen molar-refractivity contribution in [3.8, 4) is 0 Å². The van der Waals surface area contributed by atoms with E-state index in [0.29, 0.717) is 19.3 Å². The molecule has 0 amide bonds. The van der Waals surface area contributed by atoms with Gasteiger partial charge >= 0.3 is 19.8 Å². The number of aliphatic hydroxyl groups excluding tert-OH is 2. The van der Waals surface area contributed by atoms with Crippen molar-refractivity contribution in [3.05, 3.63) is 60.8 Å². The highest BCUT2D eigenvalue weighted by molar-refractivity contribution is 7.47. The van der Waals surface area contributed by atoms with E-state index in [1.54, 1.807) is 0 Å². The van der Waals surface area contributed by atoms with Crippen LogP contribution >= 0.6 is 7.82 Å². The minimum absolute atomic E-state index is 0.111. The van der Waals surface area contributed by atoms with E-state index in [9.17, 15) is 29.3 Å². The van der Waals surface area contributed by atoms with E-state index in [0.717, 1.165) is 57.8 Å². The summed E-state index contributed by atoms with van der Waals surface area (Å²) in [5.41, 5.74) is 0. The van der Waals surface area contributed by atoms with E-state index in [2.05, 4.69) is 62.5 Å². The molecule has 10 nitrogen and oxygen atoms in total. The molecule has 0 aliphatic carbocycles. The second kappa shape index (κ2) is 30.3. The molecule has 3 unspecified atom stereocenters. The van der Waals surface area contributed by atoms with Crippen LogP contribution in [0, 0.1) is 0 Å². The molecule has 11 heteroatoms. The maximum atomic E-state index is 12.2. The van der Waals surface area contributed by atoms with Gasteiger partial charge in [-0.1, -0.05) is 100 Å². The molecule has 0 saturated heterocycles. The molecule has 45 heavy (non-hydrogen) atoms. The molecule has 0 radical (unpaired) electrons. The predicted molar refractivity (Wildman–Crippen MR) is 177 cm³/mol. The molecule has 0 spiro atoms. The number of rotatable bonds is 29. The van der Waals surface area contributed by atoms with Crippen LogP contribution in [-0.4, -0.2) is 65.7 Å². The van der Waals surface area contributed by atoms with Gasteiger partial charge in [0.15, 0.2) is 0 Å². The van der Waals surface area contributed by atoms with Crippen LogP contribution in [0.25, 0.3) is 0 Å². The van der Waals surface area contributed by atoms with E-state index in [4.69, 9.17) is 18.5 Å². The maximum absolute atomic E-state index is 12.2. The van der Waals surface area contributed by atoms with E-state index in [1.807, 2.05) is 12.2 Å². The maximum Gasteiger partial charge on any atom is 0.472 e. The van der Waals surface area contributed by atoms with Gasteiger partial charge in [0.05, 0.1) is 26.4 Å². The Labute approximate surface area is 270 Å². The highest BCUT2D eigenvalue weighted by Crippen LogP contribution is 2.43. The Bertz CT molecular complexity index is 941. The SMILES string of the molecule is CC/C=C\C/C=C\C/C=C\C/C=C\C/C=C\CCCC(=O)OC(CO)COP(=O)(O)OCC(CO)OC(=O)CCCCCCC. The van der Waals surface area contributed by atoms with Crippen molar-refractivity contribution in [1.29, 1.82) is 0 Å². The average Bonchev–Trinajstić information content (AvgIpc) is 3.02. The number of hydrogen-bond donors (Lipinski definition) is 3. The first-order chi connectivity index (χ1) is 21.8. The Morgan fingerprint density at radius 2 is 1.04 bits per heavy atom. The molecule has 0 aromatic heterocycles. The fourth-order valence-electron chi connectivity index (χ4n) is 3.74. The molecule has 0 aliphatic rings. The van der Waals surface area contributed by atoms with Gasteiger partial charge in [-0.3, -0.25) is 18.6 Å². The van der Waals surface area contributed by atoms with Crippen molar-refractivity contribution in [3.63, 3.8) is 0 Å². The molecule has 0 bridgehead atoms. The van der Waals surface area contributed by atoms with E-state index in [-0.39, 0.29) is 12.8 Å². The monoisotopic (exact) mass is 656 g/mol. The normalized spacial score (nSPS) is 15.0. The summed E-state index contributed by atoms with van der Waals surface area (Å²) in [7, 11) is -4.63. The largest absolute Gasteiger partial charge is 0.472 e. The fraction of sp³-hybridized carbons (Fsp3) is 0.647. The minimum atomic E-state index is -4.63. The first-order valence-electron chi connectivity index (χ1n) is 16.2. The summed E-state index contributed by atoms with van der Waals surface area (Å²) in [4.78, 5) is 33.9. The number of unbranched alkanes of at least 4 members (excludes halogenated alkanes) is 5. The third-order valence-electron chi connectivity index (χ3n) is 6.24. The zero-order valence-corrected chi connectivity index (χ0v) is 28.2. The van der Waals surface area contributed by atoms with Gasteiger partial charge < -0.3 is 24.6 Å². The number of carbonyl (C=O) groups excluding carboxylic acids is 2. The van der Waals surface area contributed by atoms with Gasteiger partial charge in [-0.05, 0) is 51.4 Å². The summed E-state index contributed by atoms with van der Waals surface area (Å²) >= 11 is 0. The first kappa shape index (κ1) is 42.7. The molecule has 0 aromatic carbocycles. The third-order valence-corrected chi connectivity index (χ3v) is 7.20. The van der Waals surface area contributed by atoms with Crippen molar-refractivity contribution < 1.29 is 47.8 Å². The lowest BCUT2D eigenvalue weighted by Gasteiger charge is -2.20. The summed E-state index contributed by atoms with van der Waals surface area (Å²) in [6, 6.07) is 0. The number of phosphoric acid groups is 1. The molecular formula is C34H57O10P. The topological polar surface area (TPSA) is 149 Å². The van der Waals surface area contributed by atoms with Crippen molar-refractivity contribution in [2.75, 3.05) is 26.4 Å². The molecule has 0 rings (SSSR count). The van der Waals surface area contributed by atoms with Gasteiger partial charge in [-0.25, -0.2) is 4.57 Å².